The fraction of sp³-hybridized carbons (Fsp3) is 0.364. The van der Waals surface area contributed by atoms with Gasteiger partial charge in [0.05, 0.1) is 18.1 Å². The number of ether oxygens (including phenoxy) is 1. The Kier molecular flexibility index (Phi) is 4.84. The van der Waals surface area contributed by atoms with E-state index < -0.39 is 11.9 Å². The maximum absolute atomic E-state index is 13.1. The average molecular weight is 365 g/mol. The van der Waals surface area contributed by atoms with Gasteiger partial charge in [0.15, 0.2) is 0 Å². The van der Waals surface area contributed by atoms with Crippen LogP contribution in [0.25, 0.3) is 0 Å². The van der Waals surface area contributed by atoms with Crippen molar-refractivity contribution in [1.82, 2.24) is 4.90 Å². The molecule has 140 valence electrons. The third-order valence-electron chi connectivity index (χ3n) is 5.44. The first-order valence-electron chi connectivity index (χ1n) is 9.42. The van der Waals surface area contributed by atoms with Gasteiger partial charge in [0.2, 0.25) is 0 Å². The normalized spacial score (nSPS) is 21.9. The molecule has 1 aliphatic carbocycles. The molecule has 0 aromatic heterocycles. The molecule has 2 fully saturated rings. The van der Waals surface area contributed by atoms with E-state index >= 15 is 0 Å². The number of amides is 1. The van der Waals surface area contributed by atoms with Gasteiger partial charge in [-0.25, -0.2) is 0 Å². The summed E-state index contributed by atoms with van der Waals surface area (Å²) >= 11 is 0. The van der Waals surface area contributed by atoms with Crippen LogP contribution in [-0.4, -0.2) is 41.6 Å². The van der Waals surface area contributed by atoms with E-state index in [9.17, 15) is 14.7 Å². The van der Waals surface area contributed by atoms with Crippen molar-refractivity contribution in [2.75, 3.05) is 19.7 Å². The molecule has 1 heterocycles. The largest absolute Gasteiger partial charge is 0.492 e. The van der Waals surface area contributed by atoms with E-state index in [1.54, 1.807) is 11.0 Å². The lowest BCUT2D eigenvalue weighted by Crippen LogP contribution is -2.30. The van der Waals surface area contributed by atoms with E-state index in [-0.39, 0.29) is 18.4 Å². The third-order valence-corrected chi connectivity index (χ3v) is 5.44. The SMILES string of the molecule is O=C(O)[C@@H]1CN(C(=O)c2ccccc2OCC2CC2)C[C@@H]1c1ccccc1. The topological polar surface area (TPSA) is 66.8 Å². The summed E-state index contributed by atoms with van der Waals surface area (Å²) in [5.41, 5.74) is 1.47. The molecule has 1 aliphatic heterocycles. The average Bonchev–Trinajstić information content (AvgIpc) is 3.42. The number of benzene rings is 2. The van der Waals surface area contributed by atoms with Gasteiger partial charge in [-0.15, -0.1) is 0 Å². The van der Waals surface area contributed by atoms with Crippen LogP contribution in [0.4, 0.5) is 0 Å². The van der Waals surface area contributed by atoms with Gasteiger partial charge in [0.1, 0.15) is 5.75 Å². The lowest BCUT2D eigenvalue weighted by Gasteiger charge is -2.19. The summed E-state index contributed by atoms with van der Waals surface area (Å²) in [4.78, 5) is 26.6. The second kappa shape index (κ2) is 7.43. The fourth-order valence-electron chi connectivity index (χ4n) is 3.69. The zero-order valence-corrected chi connectivity index (χ0v) is 15.1. The molecule has 5 nitrogen and oxygen atoms in total. The molecule has 4 rings (SSSR count). The van der Waals surface area contributed by atoms with Crippen LogP contribution in [0.2, 0.25) is 0 Å². The molecule has 1 N–H and O–H groups in total. The Hall–Kier alpha value is -2.82. The lowest BCUT2D eigenvalue weighted by molar-refractivity contribution is -0.141. The number of likely N-dealkylation sites (tertiary alicyclic amines) is 1. The molecule has 2 atom stereocenters. The minimum Gasteiger partial charge on any atom is -0.492 e. The minimum atomic E-state index is -0.863. The molecule has 0 spiro atoms. The third kappa shape index (κ3) is 3.82. The minimum absolute atomic E-state index is 0.161. The number of hydrogen-bond donors (Lipinski definition) is 1. The highest BCUT2D eigenvalue weighted by molar-refractivity contribution is 5.97. The van der Waals surface area contributed by atoms with Gasteiger partial charge in [-0.1, -0.05) is 42.5 Å². The van der Waals surface area contributed by atoms with Crippen molar-refractivity contribution in [3.05, 3.63) is 65.7 Å². The summed E-state index contributed by atoms with van der Waals surface area (Å²) < 4.78 is 5.86. The Morgan fingerprint density at radius 1 is 1.00 bits per heavy atom. The number of nitrogens with zero attached hydrogens (tertiary/aromatic N) is 1. The summed E-state index contributed by atoms with van der Waals surface area (Å²) in [6.45, 7) is 1.25. The Bertz CT molecular complexity index is 831. The number of para-hydroxylation sites is 1. The highest BCUT2D eigenvalue weighted by Gasteiger charge is 2.41. The molecule has 27 heavy (non-hydrogen) atoms. The van der Waals surface area contributed by atoms with Crippen LogP contribution in [-0.2, 0) is 4.79 Å². The quantitative estimate of drug-likeness (QED) is 0.852. The van der Waals surface area contributed by atoms with Crippen molar-refractivity contribution in [3.63, 3.8) is 0 Å². The summed E-state index contributed by atoms with van der Waals surface area (Å²) in [5, 5.41) is 9.66. The van der Waals surface area contributed by atoms with E-state index in [1.165, 1.54) is 12.8 Å². The number of aliphatic carboxylic acids is 1. The molecule has 0 bridgehead atoms. The number of hydrogen-bond acceptors (Lipinski definition) is 3. The van der Waals surface area contributed by atoms with E-state index in [1.807, 2.05) is 48.5 Å². The van der Waals surface area contributed by atoms with Gasteiger partial charge in [-0.2, -0.15) is 0 Å². The summed E-state index contributed by atoms with van der Waals surface area (Å²) in [6, 6.07) is 16.8. The number of carbonyl (C=O) groups excluding carboxylic acids is 1. The van der Waals surface area contributed by atoms with Crippen molar-refractivity contribution in [1.29, 1.82) is 0 Å². The molecule has 1 saturated carbocycles. The van der Waals surface area contributed by atoms with Gasteiger partial charge < -0.3 is 14.7 Å². The second-order valence-corrected chi connectivity index (χ2v) is 7.42. The molecule has 5 heteroatoms. The highest BCUT2D eigenvalue weighted by Crippen LogP contribution is 2.35. The summed E-state index contributed by atoms with van der Waals surface area (Å²) in [7, 11) is 0. The van der Waals surface area contributed by atoms with Crippen LogP contribution in [0.5, 0.6) is 5.75 Å². The molecule has 2 aromatic rings. The van der Waals surface area contributed by atoms with Crippen LogP contribution >= 0.6 is 0 Å². The van der Waals surface area contributed by atoms with Crippen LogP contribution in [0, 0.1) is 11.8 Å². The summed E-state index contributed by atoms with van der Waals surface area (Å²) in [6.07, 6.45) is 2.36. The van der Waals surface area contributed by atoms with Crippen LogP contribution in [0.15, 0.2) is 54.6 Å². The standard InChI is InChI=1S/C22H23NO4/c24-21(17-8-4-5-9-20(17)27-14-15-10-11-15)23-12-18(19(13-23)22(25)26)16-6-2-1-3-7-16/h1-9,15,18-19H,10-14H2,(H,25,26)/t18-,19-/m1/s1. The molecule has 2 aromatic carbocycles. The first-order chi connectivity index (χ1) is 13.1. The number of carboxylic acids is 1. The molecule has 0 radical (unpaired) electrons. The molecular formula is C22H23NO4. The predicted octanol–water partition coefficient (Wildman–Crippen LogP) is 3.42. The van der Waals surface area contributed by atoms with E-state index in [0.717, 1.165) is 5.56 Å². The van der Waals surface area contributed by atoms with Crippen molar-refractivity contribution < 1.29 is 19.4 Å². The van der Waals surface area contributed by atoms with Gasteiger partial charge in [0.25, 0.3) is 5.91 Å². The fourth-order valence-corrected chi connectivity index (χ4v) is 3.69. The first kappa shape index (κ1) is 17.6. The monoisotopic (exact) mass is 365 g/mol. The lowest BCUT2D eigenvalue weighted by atomic mass is 9.89. The zero-order valence-electron chi connectivity index (χ0n) is 15.1. The van der Waals surface area contributed by atoms with Crippen molar-refractivity contribution in [2.24, 2.45) is 11.8 Å². The van der Waals surface area contributed by atoms with E-state index in [0.29, 0.717) is 30.4 Å². The van der Waals surface area contributed by atoms with Gasteiger partial charge in [0, 0.05) is 19.0 Å². The molecule has 1 saturated heterocycles. The Balaban J connectivity index is 1.55. The number of rotatable bonds is 6. The first-order valence-corrected chi connectivity index (χ1v) is 9.42. The van der Waals surface area contributed by atoms with E-state index in [4.69, 9.17) is 4.74 Å². The van der Waals surface area contributed by atoms with Gasteiger partial charge in [-0.3, -0.25) is 9.59 Å². The Morgan fingerprint density at radius 3 is 2.41 bits per heavy atom. The second-order valence-electron chi connectivity index (χ2n) is 7.42. The van der Waals surface area contributed by atoms with Crippen LogP contribution in [0.3, 0.4) is 0 Å². The Morgan fingerprint density at radius 2 is 1.70 bits per heavy atom. The summed E-state index contributed by atoms with van der Waals surface area (Å²) in [5.74, 6) is -0.644. The smallest absolute Gasteiger partial charge is 0.308 e. The number of carboxylic acid groups (broad SMARTS) is 1. The van der Waals surface area contributed by atoms with Crippen molar-refractivity contribution >= 4 is 11.9 Å². The predicted molar refractivity (Wildman–Crippen MR) is 101 cm³/mol. The Labute approximate surface area is 158 Å². The molecule has 1 amide bonds. The van der Waals surface area contributed by atoms with Crippen molar-refractivity contribution in [2.45, 2.75) is 18.8 Å². The molecule has 2 aliphatic rings. The van der Waals surface area contributed by atoms with Crippen LogP contribution in [0.1, 0.15) is 34.7 Å². The molecular weight excluding hydrogens is 342 g/mol. The molecule has 0 unspecified atom stereocenters. The van der Waals surface area contributed by atoms with Crippen molar-refractivity contribution in [3.8, 4) is 5.75 Å². The van der Waals surface area contributed by atoms with Gasteiger partial charge in [-0.05, 0) is 36.5 Å². The highest BCUT2D eigenvalue weighted by atomic mass is 16.5. The maximum Gasteiger partial charge on any atom is 0.308 e. The number of carbonyl (C=O) groups is 2. The zero-order chi connectivity index (χ0) is 18.8. The van der Waals surface area contributed by atoms with Gasteiger partial charge >= 0.3 is 5.97 Å². The van der Waals surface area contributed by atoms with Crippen LogP contribution < -0.4 is 4.74 Å². The maximum atomic E-state index is 13.1. The van der Waals surface area contributed by atoms with E-state index in [2.05, 4.69) is 0 Å².